The number of para-hydroxylation sites is 3. The van der Waals surface area contributed by atoms with Crippen LogP contribution in [-0.4, -0.2) is 0 Å². The maximum absolute atomic E-state index is 7.02. The van der Waals surface area contributed by atoms with Gasteiger partial charge in [0.1, 0.15) is 5.58 Å². The van der Waals surface area contributed by atoms with Gasteiger partial charge in [0.15, 0.2) is 5.58 Å². The first-order valence-electron chi connectivity index (χ1n) is 18.7. The van der Waals surface area contributed by atoms with Crippen molar-refractivity contribution in [3.05, 3.63) is 218 Å². The van der Waals surface area contributed by atoms with Crippen molar-refractivity contribution >= 4 is 66.8 Å². The van der Waals surface area contributed by atoms with Crippen molar-refractivity contribution in [1.29, 1.82) is 0 Å². The first-order chi connectivity index (χ1) is 27.3. The molecular weight excluding hydrogens is 669 g/mol. The summed E-state index contributed by atoms with van der Waals surface area (Å²) in [5.41, 5.74) is 12.5. The Morgan fingerprint density at radius 3 is 1.56 bits per heavy atom. The molecule has 3 nitrogen and oxygen atoms in total. The third kappa shape index (κ3) is 5.98. The van der Waals surface area contributed by atoms with E-state index in [0.29, 0.717) is 0 Å². The summed E-state index contributed by atoms with van der Waals surface area (Å²) in [4.78, 5) is 4.72. The number of hydrogen-bond acceptors (Lipinski definition) is 3. The highest BCUT2D eigenvalue weighted by atomic mass is 16.3. The zero-order valence-corrected chi connectivity index (χ0v) is 30.1. The first-order valence-corrected chi connectivity index (χ1v) is 18.7. The maximum Gasteiger partial charge on any atom is 0.159 e. The summed E-state index contributed by atoms with van der Waals surface area (Å²) in [6.45, 7) is 0. The minimum Gasteiger partial charge on any atom is -0.454 e. The standard InChI is InChI=1S/C52H36N2O/c1-5-18-37(19-6-1)39-24-17-29-44(32-39)53(42-25-9-3-10-26-42)45-35-48-47-33-40-22-13-14-23-41(40)34-51(47)55-52(48)50(36-45)54(43-27-11-4-12-28-43)49-31-16-15-30-46(49)38-20-7-2-8-21-38/h1-36H. The van der Waals surface area contributed by atoms with Crippen molar-refractivity contribution in [2.45, 2.75) is 0 Å². The molecule has 10 aromatic rings. The Morgan fingerprint density at radius 2 is 0.855 bits per heavy atom. The molecule has 260 valence electrons. The van der Waals surface area contributed by atoms with E-state index in [1.54, 1.807) is 0 Å². The van der Waals surface area contributed by atoms with Crippen molar-refractivity contribution in [3.63, 3.8) is 0 Å². The normalized spacial score (nSPS) is 11.3. The van der Waals surface area contributed by atoms with E-state index < -0.39 is 0 Å². The van der Waals surface area contributed by atoms with E-state index in [9.17, 15) is 0 Å². The summed E-state index contributed by atoms with van der Waals surface area (Å²) in [5.74, 6) is 0. The van der Waals surface area contributed by atoms with Gasteiger partial charge in [-0.2, -0.15) is 0 Å². The fraction of sp³-hybridized carbons (Fsp3) is 0. The van der Waals surface area contributed by atoms with Crippen molar-refractivity contribution < 1.29 is 4.42 Å². The summed E-state index contributed by atoms with van der Waals surface area (Å²) in [7, 11) is 0. The molecule has 0 unspecified atom stereocenters. The molecular formula is C52H36N2O. The van der Waals surface area contributed by atoms with Crippen LogP contribution < -0.4 is 9.80 Å². The van der Waals surface area contributed by atoms with E-state index in [4.69, 9.17) is 4.42 Å². The second-order valence-electron chi connectivity index (χ2n) is 13.8. The Bertz CT molecular complexity index is 2920. The highest BCUT2D eigenvalue weighted by Gasteiger charge is 2.25. The van der Waals surface area contributed by atoms with Gasteiger partial charge in [0, 0.05) is 39.1 Å². The highest BCUT2D eigenvalue weighted by Crippen LogP contribution is 2.49. The predicted octanol–water partition coefficient (Wildman–Crippen LogP) is 15.0. The van der Waals surface area contributed by atoms with E-state index in [-0.39, 0.29) is 0 Å². The molecule has 0 atom stereocenters. The van der Waals surface area contributed by atoms with Gasteiger partial charge in [0.2, 0.25) is 0 Å². The van der Waals surface area contributed by atoms with Crippen LogP contribution in [0.25, 0.3) is 55.0 Å². The molecule has 0 bridgehead atoms. The number of rotatable bonds is 8. The van der Waals surface area contributed by atoms with Crippen molar-refractivity contribution in [2.75, 3.05) is 9.80 Å². The van der Waals surface area contributed by atoms with Gasteiger partial charge in [-0.05, 0) is 94.2 Å². The van der Waals surface area contributed by atoms with Crippen molar-refractivity contribution in [1.82, 2.24) is 0 Å². The predicted molar refractivity (Wildman–Crippen MR) is 231 cm³/mol. The van der Waals surface area contributed by atoms with Crippen LogP contribution in [0.3, 0.4) is 0 Å². The minimum atomic E-state index is 0.826. The second-order valence-corrected chi connectivity index (χ2v) is 13.8. The molecule has 0 amide bonds. The summed E-state index contributed by atoms with van der Waals surface area (Å²) >= 11 is 0. The SMILES string of the molecule is c1ccc(-c2cccc(N(c3ccccc3)c3cc(N(c4ccccc4)c4ccccc4-c4ccccc4)c4oc5cc6ccccc6cc5c4c3)c2)cc1. The van der Waals surface area contributed by atoms with Crippen LogP contribution >= 0.6 is 0 Å². The van der Waals surface area contributed by atoms with Crippen LogP contribution in [0.2, 0.25) is 0 Å². The smallest absolute Gasteiger partial charge is 0.159 e. The monoisotopic (exact) mass is 704 g/mol. The molecule has 0 radical (unpaired) electrons. The molecule has 0 saturated heterocycles. The Kier molecular flexibility index (Phi) is 8.16. The van der Waals surface area contributed by atoms with Gasteiger partial charge < -0.3 is 14.2 Å². The summed E-state index contributed by atoms with van der Waals surface area (Å²) in [5, 5.41) is 4.45. The maximum atomic E-state index is 7.02. The van der Waals surface area contributed by atoms with Gasteiger partial charge in [0.25, 0.3) is 0 Å². The molecule has 3 heteroatoms. The minimum absolute atomic E-state index is 0.826. The lowest BCUT2D eigenvalue weighted by Crippen LogP contribution is -2.14. The number of fused-ring (bicyclic) bond motifs is 4. The number of hydrogen-bond donors (Lipinski definition) is 0. The molecule has 0 aliphatic carbocycles. The molecule has 0 saturated carbocycles. The van der Waals surface area contributed by atoms with Gasteiger partial charge in [-0.15, -0.1) is 0 Å². The van der Waals surface area contributed by atoms with Crippen LogP contribution in [0.1, 0.15) is 0 Å². The van der Waals surface area contributed by atoms with Crippen LogP contribution in [0.4, 0.5) is 34.1 Å². The molecule has 0 fully saturated rings. The molecule has 1 heterocycles. The van der Waals surface area contributed by atoms with Gasteiger partial charge in [-0.25, -0.2) is 0 Å². The van der Waals surface area contributed by atoms with Gasteiger partial charge in [-0.3, -0.25) is 0 Å². The quantitative estimate of drug-likeness (QED) is 0.157. The third-order valence-electron chi connectivity index (χ3n) is 10.4. The van der Waals surface area contributed by atoms with E-state index in [1.165, 1.54) is 10.9 Å². The van der Waals surface area contributed by atoms with Crippen LogP contribution in [0, 0.1) is 0 Å². The fourth-order valence-corrected chi connectivity index (χ4v) is 7.82. The van der Waals surface area contributed by atoms with Crippen molar-refractivity contribution in [2.24, 2.45) is 0 Å². The van der Waals surface area contributed by atoms with E-state index >= 15 is 0 Å². The number of anilines is 6. The summed E-state index contributed by atoms with van der Waals surface area (Å²) in [6, 6.07) is 77.5. The zero-order valence-electron chi connectivity index (χ0n) is 30.1. The van der Waals surface area contributed by atoms with Crippen LogP contribution in [0.15, 0.2) is 223 Å². The molecule has 55 heavy (non-hydrogen) atoms. The van der Waals surface area contributed by atoms with E-state index in [2.05, 4.69) is 228 Å². The average Bonchev–Trinajstić information content (AvgIpc) is 3.62. The fourth-order valence-electron chi connectivity index (χ4n) is 7.82. The number of nitrogens with zero attached hydrogens (tertiary/aromatic N) is 2. The second kappa shape index (κ2) is 13.9. The molecule has 0 N–H and O–H groups in total. The van der Waals surface area contributed by atoms with Gasteiger partial charge in [0.05, 0.1) is 11.4 Å². The van der Waals surface area contributed by atoms with E-state index in [1.807, 2.05) is 0 Å². The molecule has 9 aromatic carbocycles. The topological polar surface area (TPSA) is 19.6 Å². The third-order valence-corrected chi connectivity index (χ3v) is 10.4. The van der Waals surface area contributed by atoms with E-state index in [0.717, 1.165) is 78.1 Å². The molecule has 0 spiro atoms. The van der Waals surface area contributed by atoms with Gasteiger partial charge in [-0.1, -0.05) is 152 Å². The molecule has 0 aliphatic rings. The van der Waals surface area contributed by atoms with Crippen molar-refractivity contribution in [3.8, 4) is 22.3 Å². The lowest BCUT2D eigenvalue weighted by Gasteiger charge is -2.31. The summed E-state index contributed by atoms with van der Waals surface area (Å²) < 4.78 is 7.02. The lowest BCUT2D eigenvalue weighted by molar-refractivity contribution is 0.669. The van der Waals surface area contributed by atoms with Gasteiger partial charge >= 0.3 is 0 Å². The average molecular weight is 705 g/mol. The zero-order chi connectivity index (χ0) is 36.6. The molecule has 1 aromatic heterocycles. The lowest BCUT2D eigenvalue weighted by atomic mass is 10.0. The van der Waals surface area contributed by atoms with Crippen LogP contribution in [-0.2, 0) is 0 Å². The first kappa shape index (κ1) is 32.3. The number of furan rings is 1. The summed E-state index contributed by atoms with van der Waals surface area (Å²) in [6.07, 6.45) is 0. The molecule has 0 aliphatic heterocycles. The van der Waals surface area contributed by atoms with Crippen LogP contribution in [0.5, 0.6) is 0 Å². The highest BCUT2D eigenvalue weighted by molar-refractivity contribution is 6.15. The number of benzene rings is 9. The molecule has 10 rings (SSSR count). The Labute approximate surface area is 320 Å². The Balaban J connectivity index is 1.30. The Hall–Kier alpha value is -7.36. The largest absolute Gasteiger partial charge is 0.454 e. The Morgan fingerprint density at radius 1 is 0.309 bits per heavy atom.